The van der Waals surface area contributed by atoms with Crippen molar-refractivity contribution in [2.24, 2.45) is 0 Å². The van der Waals surface area contributed by atoms with Crippen molar-refractivity contribution in [2.45, 2.75) is 17.5 Å². The number of likely N-dealkylation sites (N-methyl/N-ethyl adjacent to an activating group) is 1. The number of carbonyl (C=O) groups is 1. The quantitative estimate of drug-likeness (QED) is 0.655. The number of amides is 1. The number of hydrogen-bond acceptors (Lipinski definition) is 3. The van der Waals surface area contributed by atoms with E-state index in [1.807, 2.05) is 30.3 Å². The highest BCUT2D eigenvalue weighted by Gasteiger charge is 2.19. The van der Waals surface area contributed by atoms with Gasteiger partial charge < -0.3 is 9.47 Å². The minimum atomic E-state index is -2.59. The smallest absolute Gasteiger partial charge is 0.291 e. The average Bonchev–Trinajstić information content (AvgIpc) is 2.91. The monoisotopic (exact) mass is 347 g/mol. The Labute approximate surface area is 142 Å². The van der Waals surface area contributed by atoms with Gasteiger partial charge in [-0.15, -0.1) is 0 Å². The van der Waals surface area contributed by atoms with Gasteiger partial charge in [-0.2, -0.15) is 8.78 Å². The molecule has 0 atom stereocenters. The summed E-state index contributed by atoms with van der Waals surface area (Å²) in [5, 5.41) is 0.140. The molecule has 0 radical (unpaired) electrons. The Bertz CT molecular complexity index is 851. The summed E-state index contributed by atoms with van der Waals surface area (Å²) in [4.78, 5) is 18.3. The molecular weight excluding hydrogens is 332 g/mol. The van der Waals surface area contributed by atoms with E-state index in [0.29, 0.717) is 22.8 Å². The standard InChI is InChI=1S/C17H15F2N3OS/c1-21(12-7-3-2-4-8-12)15(23)11-22-14-10-6-5-9-13(14)20-17(22)24-16(18)19/h2-10,16H,11H2,1H3. The second-order valence-corrected chi connectivity index (χ2v) is 6.09. The molecule has 1 heterocycles. The number of imidazole rings is 1. The van der Waals surface area contributed by atoms with Crippen LogP contribution in [0.25, 0.3) is 11.0 Å². The van der Waals surface area contributed by atoms with Crippen molar-refractivity contribution in [3.8, 4) is 0 Å². The molecule has 3 rings (SSSR count). The van der Waals surface area contributed by atoms with Crippen molar-refractivity contribution >= 4 is 34.4 Å². The molecule has 0 saturated heterocycles. The largest absolute Gasteiger partial charge is 0.314 e. The van der Waals surface area contributed by atoms with Crippen LogP contribution < -0.4 is 4.90 Å². The number of anilines is 1. The number of para-hydroxylation sites is 3. The topological polar surface area (TPSA) is 38.1 Å². The summed E-state index contributed by atoms with van der Waals surface area (Å²) in [6, 6.07) is 16.3. The number of benzene rings is 2. The molecule has 0 fully saturated rings. The van der Waals surface area contributed by atoms with E-state index in [-0.39, 0.29) is 17.6 Å². The molecule has 7 heteroatoms. The third-order valence-electron chi connectivity index (χ3n) is 3.62. The van der Waals surface area contributed by atoms with Gasteiger partial charge in [0.25, 0.3) is 5.76 Å². The van der Waals surface area contributed by atoms with E-state index in [4.69, 9.17) is 0 Å². The molecule has 0 saturated carbocycles. The number of fused-ring (bicyclic) bond motifs is 1. The van der Waals surface area contributed by atoms with Gasteiger partial charge >= 0.3 is 0 Å². The Morgan fingerprint density at radius 3 is 2.54 bits per heavy atom. The van der Waals surface area contributed by atoms with Crippen molar-refractivity contribution in [3.63, 3.8) is 0 Å². The van der Waals surface area contributed by atoms with Crippen LogP contribution in [-0.4, -0.2) is 28.3 Å². The summed E-state index contributed by atoms with van der Waals surface area (Å²) >= 11 is 0.348. The van der Waals surface area contributed by atoms with Crippen LogP contribution in [0, 0.1) is 0 Å². The van der Waals surface area contributed by atoms with Crippen molar-refractivity contribution in [2.75, 3.05) is 11.9 Å². The van der Waals surface area contributed by atoms with Crippen molar-refractivity contribution in [1.82, 2.24) is 9.55 Å². The zero-order valence-electron chi connectivity index (χ0n) is 12.9. The van der Waals surface area contributed by atoms with Crippen LogP contribution in [-0.2, 0) is 11.3 Å². The summed E-state index contributed by atoms with van der Waals surface area (Å²) in [7, 11) is 1.66. The van der Waals surface area contributed by atoms with E-state index < -0.39 is 5.76 Å². The minimum Gasteiger partial charge on any atom is -0.314 e. The second kappa shape index (κ2) is 7.00. The maximum absolute atomic E-state index is 12.8. The summed E-state index contributed by atoms with van der Waals surface area (Å²) in [6.45, 7) is -0.0546. The number of halogens is 2. The van der Waals surface area contributed by atoms with Crippen LogP contribution in [0.5, 0.6) is 0 Å². The fourth-order valence-electron chi connectivity index (χ4n) is 2.41. The predicted octanol–water partition coefficient (Wildman–Crippen LogP) is 4.01. The van der Waals surface area contributed by atoms with Gasteiger partial charge in [-0.3, -0.25) is 4.79 Å². The second-order valence-electron chi connectivity index (χ2n) is 5.14. The van der Waals surface area contributed by atoms with Gasteiger partial charge in [0.15, 0.2) is 5.16 Å². The van der Waals surface area contributed by atoms with E-state index in [1.165, 1.54) is 9.47 Å². The lowest BCUT2D eigenvalue weighted by molar-refractivity contribution is -0.118. The first-order valence-corrected chi connectivity index (χ1v) is 8.16. The first kappa shape index (κ1) is 16.4. The Balaban J connectivity index is 1.92. The third kappa shape index (κ3) is 3.41. The molecule has 1 amide bonds. The Morgan fingerprint density at radius 2 is 1.83 bits per heavy atom. The van der Waals surface area contributed by atoms with E-state index >= 15 is 0 Å². The van der Waals surface area contributed by atoms with Gasteiger partial charge in [-0.05, 0) is 36.0 Å². The van der Waals surface area contributed by atoms with E-state index in [1.54, 1.807) is 31.3 Å². The van der Waals surface area contributed by atoms with Gasteiger partial charge in [0.1, 0.15) is 6.54 Å². The Morgan fingerprint density at radius 1 is 1.17 bits per heavy atom. The molecule has 0 bridgehead atoms. The van der Waals surface area contributed by atoms with Crippen LogP contribution in [0.15, 0.2) is 59.8 Å². The minimum absolute atomic E-state index is 0.0546. The molecular formula is C17H15F2N3OS. The van der Waals surface area contributed by atoms with Crippen molar-refractivity contribution < 1.29 is 13.6 Å². The summed E-state index contributed by atoms with van der Waals surface area (Å²) in [5.74, 6) is -2.80. The summed E-state index contributed by atoms with van der Waals surface area (Å²) in [6.07, 6.45) is 0. The molecule has 0 unspecified atom stereocenters. The molecule has 0 aliphatic rings. The maximum atomic E-state index is 12.8. The van der Waals surface area contributed by atoms with Crippen LogP contribution in [0.4, 0.5) is 14.5 Å². The fraction of sp³-hybridized carbons (Fsp3) is 0.176. The SMILES string of the molecule is CN(C(=O)Cn1c(SC(F)F)nc2ccccc21)c1ccccc1. The van der Waals surface area contributed by atoms with Gasteiger partial charge in [-0.1, -0.05) is 30.3 Å². The van der Waals surface area contributed by atoms with E-state index in [2.05, 4.69) is 4.98 Å². The molecule has 2 aromatic carbocycles. The number of thioether (sulfide) groups is 1. The maximum Gasteiger partial charge on any atom is 0.291 e. The third-order valence-corrected chi connectivity index (χ3v) is 4.33. The molecule has 4 nitrogen and oxygen atoms in total. The van der Waals surface area contributed by atoms with Crippen LogP contribution in [0.1, 0.15) is 0 Å². The number of aromatic nitrogens is 2. The number of nitrogens with zero attached hydrogens (tertiary/aromatic N) is 3. The molecule has 0 spiro atoms. The van der Waals surface area contributed by atoms with Gasteiger partial charge in [0.05, 0.1) is 11.0 Å². The lowest BCUT2D eigenvalue weighted by Gasteiger charge is -2.18. The number of hydrogen-bond donors (Lipinski definition) is 0. The number of carbonyl (C=O) groups excluding carboxylic acids is 1. The van der Waals surface area contributed by atoms with E-state index in [9.17, 15) is 13.6 Å². The molecule has 0 N–H and O–H groups in total. The average molecular weight is 347 g/mol. The Kier molecular flexibility index (Phi) is 4.80. The first-order chi connectivity index (χ1) is 11.6. The number of rotatable bonds is 5. The van der Waals surface area contributed by atoms with Crippen LogP contribution >= 0.6 is 11.8 Å². The van der Waals surface area contributed by atoms with Gasteiger partial charge in [-0.25, -0.2) is 4.98 Å². The molecule has 0 aliphatic carbocycles. The van der Waals surface area contributed by atoms with Crippen molar-refractivity contribution in [3.05, 3.63) is 54.6 Å². The molecule has 124 valence electrons. The molecule has 1 aromatic heterocycles. The molecule has 24 heavy (non-hydrogen) atoms. The highest BCUT2D eigenvalue weighted by Crippen LogP contribution is 2.28. The normalized spacial score (nSPS) is 11.2. The number of alkyl halides is 2. The lowest BCUT2D eigenvalue weighted by Crippen LogP contribution is -2.30. The van der Waals surface area contributed by atoms with Crippen LogP contribution in [0.2, 0.25) is 0 Å². The zero-order chi connectivity index (χ0) is 17.1. The highest BCUT2D eigenvalue weighted by molar-refractivity contribution is 7.99. The lowest BCUT2D eigenvalue weighted by atomic mass is 10.3. The first-order valence-electron chi connectivity index (χ1n) is 7.28. The molecule has 3 aromatic rings. The van der Waals surface area contributed by atoms with Gasteiger partial charge in [0.2, 0.25) is 5.91 Å². The summed E-state index contributed by atoms with van der Waals surface area (Å²) < 4.78 is 27.1. The summed E-state index contributed by atoms with van der Waals surface area (Å²) in [5.41, 5.74) is 2.00. The predicted molar refractivity (Wildman–Crippen MR) is 91.4 cm³/mol. The van der Waals surface area contributed by atoms with Crippen molar-refractivity contribution in [1.29, 1.82) is 0 Å². The van der Waals surface area contributed by atoms with E-state index in [0.717, 1.165) is 5.69 Å². The van der Waals surface area contributed by atoms with Gasteiger partial charge in [0, 0.05) is 12.7 Å². The fourth-order valence-corrected chi connectivity index (χ4v) is 3.01. The Hall–Kier alpha value is -2.41. The molecule has 0 aliphatic heterocycles. The van der Waals surface area contributed by atoms with Crippen LogP contribution in [0.3, 0.4) is 0 Å². The zero-order valence-corrected chi connectivity index (χ0v) is 13.7. The highest BCUT2D eigenvalue weighted by atomic mass is 32.2.